The Morgan fingerprint density at radius 2 is 2.50 bits per heavy atom. The van der Waals surface area contributed by atoms with Crippen molar-refractivity contribution in [1.29, 1.82) is 0 Å². The summed E-state index contributed by atoms with van der Waals surface area (Å²) in [4.78, 5) is 11.3. The van der Waals surface area contributed by atoms with Crippen LogP contribution in [0.4, 0.5) is 0 Å². The highest BCUT2D eigenvalue weighted by atomic mass is 16.2. The quantitative estimate of drug-likeness (QED) is 0.727. The van der Waals surface area contributed by atoms with Crippen molar-refractivity contribution in [2.24, 2.45) is 0 Å². The molecule has 1 saturated carbocycles. The Bertz CT molecular complexity index is 381. The van der Waals surface area contributed by atoms with E-state index >= 15 is 0 Å². The minimum Gasteiger partial charge on any atom is -0.352 e. The Morgan fingerprint density at radius 3 is 3.12 bits per heavy atom. The lowest BCUT2D eigenvalue weighted by Gasteiger charge is -2.03. The van der Waals surface area contributed by atoms with Gasteiger partial charge in [-0.2, -0.15) is 5.10 Å². The van der Waals surface area contributed by atoms with Crippen molar-refractivity contribution in [3.8, 4) is 0 Å². The van der Waals surface area contributed by atoms with Crippen LogP contribution >= 0.6 is 0 Å². The largest absolute Gasteiger partial charge is 0.352 e. The molecule has 1 aromatic heterocycles. The van der Waals surface area contributed by atoms with Crippen LogP contribution in [0.25, 0.3) is 6.20 Å². The zero-order valence-corrected chi connectivity index (χ0v) is 9.15. The molecule has 5 heteroatoms. The van der Waals surface area contributed by atoms with Gasteiger partial charge in [0, 0.05) is 30.5 Å². The Hall–Kier alpha value is -1.62. The lowest BCUT2D eigenvalue weighted by atomic mass is 10.3. The van der Waals surface area contributed by atoms with Gasteiger partial charge in [0.15, 0.2) is 0 Å². The maximum Gasteiger partial charge on any atom is 0.234 e. The molecule has 1 aliphatic rings. The Kier molecular flexibility index (Phi) is 3.36. The van der Waals surface area contributed by atoms with Crippen molar-refractivity contribution >= 4 is 12.1 Å². The lowest BCUT2D eigenvalue weighted by Crippen LogP contribution is -2.34. The van der Waals surface area contributed by atoms with E-state index in [1.807, 2.05) is 6.20 Å². The van der Waals surface area contributed by atoms with Crippen LogP contribution in [0, 0.1) is 0 Å². The third-order valence-corrected chi connectivity index (χ3v) is 2.40. The number of rotatable bonds is 6. The average Bonchev–Trinajstić information content (AvgIpc) is 2.96. The third kappa shape index (κ3) is 3.20. The molecule has 1 heterocycles. The first-order valence-corrected chi connectivity index (χ1v) is 5.43. The van der Waals surface area contributed by atoms with Crippen LogP contribution < -0.4 is 10.6 Å². The van der Waals surface area contributed by atoms with Crippen molar-refractivity contribution in [1.82, 2.24) is 20.4 Å². The zero-order chi connectivity index (χ0) is 11.4. The van der Waals surface area contributed by atoms with Crippen molar-refractivity contribution in [3.05, 3.63) is 24.5 Å². The summed E-state index contributed by atoms with van der Waals surface area (Å²) in [7, 11) is 0. The highest BCUT2D eigenvalue weighted by molar-refractivity contribution is 5.78. The highest BCUT2D eigenvalue weighted by Gasteiger charge is 2.22. The number of carbonyl (C=O) groups is 1. The standard InChI is InChI=1S/C11H16N4O/c1-2-15-8-9(6-13-15)5-12-7-11(16)14-10-3-4-10/h2,6,8,10,12H,1,3-5,7H2,(H,14,16). The molecule has 1 aromatic rings. The molecule has 2 rings (SSSR count). The fourth-order valence-electron chi connectivity index (χ4n) is 1.40. The van der Waals surface area contributed by atoms with Gasteiger partial charge in [-0.25, -0.2) is 4.68 Å². The van der Waals surface area contributed by atoms with E-state index in [1.54, 1.807) is 17.1 Å². The molecule has 0 bridgehead atoms. The SMILES string of the molecule is C=Cn1cc(CNCC(=O)NC2CC2)cn1. The van der Waals surface area contributed by atoms with Gasteiger partial charge in [0.25, 0.3) is 0 Å². The molecule has 0 saturated heterocycles. The fourth-order valence-corrected chi connectivity index (χ4v) is 1.40. The van der Waals surface area contributed by atoms with E-state index in [2.05, 4.69) is 22.3 Å². The summed E-state index contributed by atoms with van der Waals surface area (Å²) >= 11 is 0. The van der Waals surface area contributed by atoms with Gasteiger partial charge in [-0.1, -0.05) is 6.58 Å². The van der Waals surface area contributed by atoms with E-state index in [-0.39, 0.29) is 5.91 Å². The maximum absolute atomic E-state index is 11.3. The number of carbonyl (C=O) groups excluding carboxylic acids is 1. The molecule has 1 aliphatic carbocycles. The molecule has 2 N–H and O–H groups in total. The van der Waals surface area contributed by atoms with Crippen molar-refractivity contribution in [2.45, 2.75) is 25.4 Å². The number of hydrogen-bond acceptors (Lipinski definition) is 3. The topological polar surface area (TPSA) is 59.0 Å². The van der Waals surface area contributed by atoms with Gasteiger partial charge >= 0.3 is 0 Å². The molecule has 1 amide bonds. The van der Waals surface area contributed by atoms with E-state index in [1.165, 1.54) is 0 Å². The Balaban J connectivity index is 1.66. The summed E-state index contributed by atoms with van der Waals surface area (Å²) in [5, 5.41) is 10.0. The van der Waals surface area contributed by atoms with Crippen LogP contribution in [0.5, 0.6) is 0 Å². The number of amides is 1. The van der Waals surface area contributed by atoms with Crippen LogP contribution in [0.3, 0.4) is 0 Å². The molecule has 0 aromatic carbocycles. The molecular formula is C11H16N4O. The molecular weight excluding hydrogens is 204 g/mol. The second kappa shape index (κ2) is 4.94. The van der Waals surface area contributed by atoms with E-state index in [9.17, 15) is 4.79 Å². The van der Waals surface area contributed by atoms with Crippen molar-refractivity contribution in [2.75, 3.05) is 6.54 Å². The molecule has 0 atom stereocenters. The molecule has 0 radical (unpaired) electrons. The lowest BCUT2D eigenvalue weighted by molar-refractivity contribution is -0.120. The summed E-state index contributed by atoms with van der Waals surface area (Å²) in [6, 6.07) is 0.429. The molecule has 0 unspecified atom stereocenters. The number of nitrogens with zero attached hydrogens (tertiary/aromatic N) is 2. The summed E-state index contributed by atoms with van der Waals surface area (Å²) < 4.78 is 1.64. The molecule has 86 valence electrons. The van der Waals surface area contributed by atoms with Crippen LogP contribution in [0.15, 0.2) is 19.0 Å². The van der Waals surface area contributed by atoms with E-state index < -0.39 is 0 Å². The second-order valence-corrected chi connectivity index (χ2v) is 3.96. The fraction of sp³-hybridized carbons (Fsp3) is 0.455. The summed E-state index contributed by atoms with van der Waals surface area (Å²) in [6.45, 7) is 4.61. The maximum atomic E-state index is 11.3. The summed E-state index contributed by atoms with van der Waals surface area (Å²) in [6.07, 6.45) is 7.51. The first-order chi connectivity index (χ1) is 7.78. The van der Waals surface area contributed by atoms with Gasteiger partial charge in [0.2, 0.25) is 5.91 Å². The smallest absolute Gasteiger partial charge is 0.234 e. The van der Waals surface area contributed by atoms with Crippen LogP contribution in [0.2, 0.25) is 0 Å². The van der Waals surface area contributed by atoms with Crippen LogP contribution in [0.1, 0.15) is 18.4 Å². The summed E-state index contributed by atoms with van der Waals surface area (Å²) in [5.74, 6) is 0.0682. The van der Waals surface area contributed by atoms with Gasteiger partial charge in [-0.3, -0.25) is 4.79 Å². The van der Waals surface area contributed by atoms with E-state index in [0.717, 1.165) is 18.4 Å². The van der Waals surface area contributed by atoms with Gasteiger partial charge in [-0.05, 0) is 12.8 Å². The Labute approximate surface area is 94.5 Å². The molecule has 0 aliphatic heterocycles. The normalized spacial score (nSPS) is 14.8. The van der Waals surface area contributed by atoms with Crippen LogP contribution in [-0.2, 0) is 11.3 Å². The predicted molar refractivity (Wildman–Crippen MR) is 61.5 cm³/mol. The molecule has 0 spiro atoms. The molecule has 1 fully saturated rings. The van der Waals surface area contributed by atoms with Crippen molar-refractivity contribution in [3.63, 3.8) is 0 Å². The van der Waals surface area contributed by atoms with Gasteiger partial charge < -0.3 is 10.6 Å². The van der Waals surface area contributed by atoms with E-state index in [4.69, 9.17) is 0 Å². The summed E-state index contributed by atoms with van der Waals surface area (Å²) in [5.41, 5.74) is 1.04. The van der Waals surface area contributed by atoms with Gasteiger partial charge in [0.05, 0.1) is 12.7 Å². The number of aromatic nitrogens is 2. The van der Waals surface area contributed by atoms with Gasteiger partial charge in [0.1, 0.15) is 0 Å². The average molecular weight is 220 g/mol. The predicted octanol–water partition coefficient (Wildman–Crippen LogP) is 0.352. The van der Waals surface area contributed by atoms with Gasteiger partial charge in [-0.15, -0.1) is 0 Å². The van der Waals surface area contributed by atoms with E-state index in [0.29, 0.717) is 19.1 Å². The monoisotopic (exact) mass is 220 g/mol. The molecule has 16 heavy (non-hydrogen) atoms. The first kappa shape index (κ1) is 10.9. The number of nitrogens with one attached hydrogen (secondary N) is 2. The van der Waals surface area contributed by atoms with Crippen molar-refractivity contribution < 1.29 is 4.79 Å². The second-order valence-electron chi connectivity index (χ2n) is 3.96. The minimum absolute atomic E-state index is 0.0682. The number of hydrogen-bond donors (Lipinski definition) is 2. The third-order valence-electron chi connectivity index (χ3n) is 2.40. The minimum atomic E-state index is 0.0682. The highest BCUT2D eigenvalue weighted by Crippen LogP contribution is 2.18. The molecule has 5 nitrogen and oxygen atoms in total. The zero-order valence-electron chi connectivity index (χ0n) is 9.15. The van der Waals surface area contributed by atoms with Crippen LogP contribution in [-0.4, -0.2) is 28.3 Å². The Morgan fingerprint density at radius 1 is 1.69 bits per heavy atom. The first-order valence-electron chi connectivity index (χ1n) is 5.43.